The summed E-state index contributed by atoms with van der Waals surface area (Å²) in [6.45, 7) is 0.613. The second-order valence-corrected chi connectivity index (χ2v) is 5.41. The Balaban J connectivity index is 2.26. The van der Waals surface area contributed by atoms with E-state index < -0.39 is 10.9 Å². The Hall–Kier alpha value is -2.15. The van der Waals surface area contributed by atoms with Gasteiger partial charge in [0.2, 0.25) is 0 Å². The quantitative estimate of drug-likeness (QED) is 0.384. The molecule has 0 bridgehead atoms. The van der Waals surface area contributed by atoms with Gasteiger partial charge in [0.1, 0.15) is 5.69 Å². The number of carbonyl (C=O) groups is 1. The van der Waals surface area contributed by atoms with E-state index in [9.17, 15) is 20.0 Å². The van der Waals surface area contributed by atoms with E-state index in [1.54, 1.807) is 0 Å². The zero-order valence-electron chi connectivity index (χ0n) is 11.7. The molecule has 0 saturated heterocycles. The maximum Gasteiger partial charge on any atom is 0.338 e. The first-order chi connectivity index (χ1) is 9.99. The molecule has 0 radical (unpaired) electrons. The van der Waals surface area contributed by atoms with Crippen LogP contribution in [0.25, 0.3) is 0 Å². The molecule has 1 aliphatic rings. The van der Waals surface area contributed by atoms with Crippen LogP contribution in [-0.4, -0.2) is 28.1 Å². The number of nitrogens with one attached hydrogen (secondary N) is 1. The molecule has 7 nitrogen and oxygen atoms in total. The Kier molecular flexibility index (Phi) is 4.42. The van der Waals surface area contributed by atoms with Crippen LogP contribution < -0.4 is 11.1 Å². The lowest BCUT2D eigenvalue weighted by Crippen LogP contribution is -2.23. The summed E-state index contributed by atoms with van der Waals surface area (Å²) in [6, 6.07) is 4.10. The fraction of sp³-hybridized carbons (Fsp3) is 0.500. The van der Waals surface area contributed by atoms with Crippen LogP contribution in [0.4, 0.5) is 11.4 Å². The number of nitro groups is 1. The molecular weight excluding hydrogens is 274 g/mol. The number of hydrogen-bond acceptors (Lipinski definition) is 5. The topological polar surface area (TPSA) is 118 Å². The van der Waals surface area contributed by atoms with Crippen molar-refractivity contribution < 1.29 is 14.8 Å². The summed E-state index contributed by atoms with van der Waals surface area (Å²) < 4.78 is 0. The zero-order chi connectivity index (χ0) is 15.5. The number of aromatic carboxylic acids is 1. The van der Waals surface area contributed by atoms with Crippen molar-refractivity contribution in [3.05, 3.63) is 33.9 Å². The van der Waals surface area contributed by atoms with Crippen LogP contribution in [0.3, 0.4) is 0 Å². The van der Waals surface area contributed by atoms with Gasteiger partial charge in [0.15, 0.2) is 0 Å². The number of nitrogens with two attached hydrogens (primary N) is 1. The minimum absolute atomic E-state index is 0.0608. The van der Waals surface area contributed by atoms with E-state index in [-0.39, 0.29) is 22.5 Å². The Labute approximate surface area is 122 Å². The predicted octanol–water partition coefficient (Wildman–Crippen LogP) is 2.37. The number of unbranched alkanes of at least 4 members (excludes halogenated alkanes) is 1. The lowest BCUT2D eigenvalue weighted by Gasteiger charge is -2.20. The number of para-hydroxylation sites is 1. The monoisotopic (exact) mass is 293 g/mol. The molecule has 0 aliphatic heterocycles. The van der Waals surface area contributed by atoms with E-state index in [4.69, 9.17) is 5.73 Å². The highest BCUT2D eigenvalue weighted by molar-refractivity contribution is 5.97. The second kappa shape index (κ2) is 6.09. The van der Waals surface area contributed by atoms with Gasteiger partial charge < -0.3 is 16.2 Å². The molecule has 2 rings (SSSR count). The number of nitro benzene ring substituents is 1. The molecule has 1 aliphatic carbocycles. The Bertz CT molecular complexity index is 523. The van der Waals surface area contributed by atoms with Crippen molar-refractivity contribution in [1.82, 2.24) is 0 Å². The number of rotatable bonds is 8. The SMILES string of the molecule is NCCCCC1(Nc2c(C(=O)O)cccc2[N+](=O)[O-])CC1. The lowest BCUT2D eigenvalue weighted by molar-refractivity contribution is -0.384. The van der Waals surface area contributed by atoms with Gasteiger partial charge in [-0.15, -0.1) is 0 Å². The van der Waals surface area contributed by atoms with Crippen LogP contribution in [0, 0.1) is 10.1 Å². The second-order valence-electron chi connectivity index (χ2n) is 5.41. The molecule has 0 unspecified atom stereocenters. The minimum Gasteiger partial charge on any atom is -0.478 e. The van der Waals surface area contributed by atoms with Crippen molar-refractivity contribution in [1.29, 1.82) is 0 Å². The fourth-order valence-corrected chi connectivity index (χ4v) is 2.46. The largest absolute Gasteiger partial charge is 0.478 e. The average Bonchev–Trinajstić information content (AvgIpc) is 3.18. The minimum atomic E-state index is -1.17. The van der Waals surface area contributed by atoms with E-state index in [0.29, 0.717) is 6.54 Å². The van der Waals surface area contributed by atoms with Crippen molar-refractivity contribution in [3.63, 3.8) is 0 Å². The van der Waals surface area contributed by atoms with Gasteiger partial charge >= 0.3 is 5.97 Å². The first-order valence-corrected chi connectivity index (χ1v) is 6.98. The molecule has 7 heteroatoms. The smallest absolute Gasteiger partial charge is 0.338 e. The van der Waals surface area contributed by atoms with Gasteiger partial charge in [-0.3, -0.25) is 10.1 Å². The third-order valence-electron chi connectivity index (χ3n) is 3.82. The van der Waals surface area contributed by atoms with Crippen molar-refractivity contribution in [3.8, 4) is 0 Å². The van der Waals surface area contributed by atoms with Crippen LogP contribution in [-0.2, 0) is 0 Å². The molecule has 21 heavy (non-hydrogen) atoms. The zero-order valence-corrected chi connectivity index (χ0v) is 11.7. The molecule has 1 saturated carbocycles. The number of carboxylic acids is 1. The number of anilines is 1. The van der Waals surface area contributed by atoms with E-state index in [1.807, 2.05) is 0 Å². The molecule has 4 N–H and O–H groups in total. The maximum atomic E-state index is 11.3. The van der Waals surface area contributed by atoms with E-state index in [1.165, 1.54) is 18.2 Å². The fourth-order valence-electron chi connectivity index (χ4n) is 2.46. The van der Waals surface area contributed by atoms with Crippen LogP contribution in [0.5, 0.6) is 0 Å². The van der Waals surface area contributed by atoms with Crippen molar-refractivity contribution in [2.24, 2.45) is 5.73 Å². The normalized spacial score (nSPS) is 15.5. The summed E-state index contributed by atoms with van der Waals surface area (Å²) in [5.74, 6) is -1.17. The summed E-state index contributed by atoms with van der Waals surface area (Å²) in [5, 5.41) is 23.5. The predicted molar refractivity (Wildman–Crippen MR) is 78.5 cm³/mol. The first-order valence-electron chi connectivity index (χ1n) is 6.98. The maximum absolute atomic E-state index is 11.3. The highest BCUT2D eigenvalue weighted by Gasteiger charge is 2.43. The molecule has 0 aromatic heterocycles. The van der Waals surface area contributed by atoms with Crippen molar-refractivity contribution in [2.45, 2.75) is 37.6 Å². The molecule has 0 amide bonds. The van der Waals surface area contributed by atoms with Gasteiger partial charge in [0.25, 0.3) is 5.69 Å². The summed E-state index contributed by atoms with van der Waals surface area (Å²) in [5.41, 5.74) is 5.11. The van der Waals surface area contributed by atoms with Crippen molar-refractivity contribution >= 4 is 17.3 Å². The van der Waals surface area contributed by atoms with E-state index in [2.05, 4.69) is 5.32 Å². The van der Waals surface area contributed by atoms with Crippen LogP contribution in [0.2, 0.25) is 0 Å². The summed E-state index contributed by atoms with van der Waals surface area (Å²) in [4.78, 5) is 21.9. The Morgan fingerprint density at radius 3 is 2.67 bits per heavy atom. The molecule has 0 spiro atoms. The average molecular weight is 293 g/mol. The van der Waals surface area contributed by atoms with Crippen molar-refractivity contribution in [2.75, 3.05) is 11.9 Å². The number of carboxylic acid groups (broad SMARTS) is 1. The summed E-state index contributed by atoms with van der Waals surface area (Å²) in [6.07, 6.45) is 4.44. The number of benzene rings is 1. The van der Waals surface area contributed by atoms with Crippen LogP contribution in [0.1, 0.15) is 42.5 Å². The molecule has 0 heterocycles. The van der Waals surface area contributed by atoms with Gasteiger partial charge in [0, 0.05) is 11.6 Å². The molecule has 114 valence electrons. The van der Waals surface area contributed by atoms with Crippen LogP contribution >= 0.6 is 0 Å². The van der Waals surface area contributed by atoms with Gasteiger partial charge in [-0.2, -0.15) is 0 Å². The molecule has 1 aromatic carbocycles. The number of nitrogens with zero attached hydrogens (tertiary/aromatic N) is 1. The number of hydrogen-bond donors (Lipinski definition) is 3. The van der Waals surface area contributed by atoms with Gasteiger partial charge in [-0.1, -0.05) is 6.07 Å². The van der Waals surface area contributed by atoms with Gasteiger partial charge in [-0.25, -0.2) is 4.79 Å². The molecule has 0 atom stereocenters. The van der Waals surface area contributed by atoms with Gasteiger partial charge in [0.05, 0.1) is 10.5 Å². The lowest BCUT2D eigenvalue weighted by atomic mass is 10.0. The highest BCUT2D eigenvalue weighted by atomic mass is 16.6. The third-order valence-corrected chi connectivity index (χ3v) is 3.82. The molecular formula is C14H19N3O4. The van der Waals surface area contributed by atoms with Gasteiger partial charge in [-0.05, 0) is 44.7 Å². The first kappa shape index (κ1) is 15.2. The van der Waals surface area contributed by atoms with Crippen LogP contribution in [0.15, 0.2) is 18.2 Å². The summed E-state index contributed by atoms with van der Waals surface area (Å²) in [7, 11) is 0. The van der Waals surface area contributed by atoms with E-state index in [0.717, 1.165) is 32.1 Å². The summed E-state index contributed by atoms with van der Waals surface area (Å²) >= 11 is 0. The third kappa shape index (κ3) is 3.49. The van der Waals surface area contributed by atoms with E-state index >= 15 is 0 Å². The molecule has 1 aromatic rings. The standard InChI is InChI=1S/C14H19N3O4/c15-9-2-1-6-14(7-8-14)16-12-10(13(18)19)4-3-5-11(12)17(20)21/h3-5,16H,1-2,6-9,15H2,(H,18,19). The Morgan fingerprint density at radius 2 is 2.14 bits per heavy atom. The molecule has 1 fully saturated rings. The Morgan fingerprint density at radius 1 is 1.43 bits per heavy atom. The highest BCUT2D eigenvalue weighted by Crippen LogP contribution is 2.45.